The molecule has 0 N–H and O–H groups in total. The zero-order chi connectivity index (χ0) is 11.1. The predicted molar refractivity (Wildman–Crippen MR) is 68.6 cm³/mol. The molecule has 0 radical (unpaired) electrons. The van der Waals surface area contributed by atoms with E-state index in [0.29, 0.717) is 0 Å². The zero-order valence-corrected chi connectivity index (χ0v) is 9.80. The highest BCUT2D eigenvalue weighted by atomic mass is 13.9. The Morgan fingerprint density at radius 2 is 1.50 bits per heavy atom. The first-order valence-corrected chi connectivity index (χ1v) is 5.67. The van der Waals surface area contributed by atoms with Gasteiger partial charge in [0.2, 0.25) is 0 Å². The van der Waals surface area contributed by atoms with Crippen LogP contribution in [0, 0.1) is 0 Å². The first-order valence-electron chi connectivity index (χ1n) is 5.67. The van der Waals surface area contributed by atoms with Crippen LogP contribution in [0.3, 0.4) is 0 Å². The Morgan fingerprint density at radius 3 is 2.07 bits per heavy atom. The molecule has 0 aliphatic carbocycles. The van der Waals surface area contributed by atoms with Gasteiger partial charge in [-0.2, -0.15) is 0 Å². The maximum atomic E-state index is 3.69. The summed E-state index contributed by atoms with van der Waals surface area (Å²) in [6.45, 7) is 11.9. The first kappa shape index (κ1) is 15.7. The van der Waals surface area contributed by atoms with E-state index in [4.69, 9.17) is 0 Å². The minimum Gasteiger partial charge on any atom is -0.106 e. The van der Waals surface area contributed by atoms with E-state index in [-0.39, 0.29) is 0 Å². The van der Waals surface area contributed by atoms with Crippen LogP contribution in [0.4, 0.5) is 0 Å². The van der Waals surface area contributed by atoms with E-state index in [1.807, 2.05) is 6.08 Å². The maximum Gasteiger partial charge on any atom is -0.0316 e. The van der Waals surface area contributed by atoms with Crippen LogP contribution in [0.5, 0.6) is 0 Å². The zero-order valence-electron chi connectivity index (χ0n) is 9.80. The van der Waals surface area contributed by atoms with Crippen molar-refractivity contribution in [3.05, 3.63) is 38.0 Å². The van der Waals surface area contributed by atoms with Crippen LogP contribution in [0.15, 0.2) is 38.0 Å². The Hall–Kier alpha value is -0.780. The van der Waals surface area contributed by atoms with Crippen LogP contribution in [0.2, 0.25) is 0 Å². The van der Waals surface area contributed by atoms with Crippen molar-refractivity contribution in [2.24, 2.45) is 0 Å². The topological polar surface area (TPSA) is 0 Å². The van der Waals surface area contributed by atoms with Crippen molar-refractivity contribution in [2.75, 3.05) is 0 Å². The Kier molecular flexibility index (Phi) is 20.3. The van der Waals surface area contributed by atoms with Crippen LogP contribution in [-0.2, 0) is 0 Å². The van der Waals surface area contributed by atoms with Gasteiger partial charge in [0.15, 0.2) is 0 Å². The minimum absolute atomic E-state index is 1.12. The third-order valence-corrected chi connectivity index (χ3v) is 1.93. The molecule has 0 bridgehead atoms. The molecular formula is C14H26. The smallest absolute Gasteiger partial charge is 0.0316 e. The van der Waals surface area contributed by atoms with Gasteiger partial charge in [-0.1, -0.05) is 44.4 Å². The third-order valence-electron chi connectivity index (χ3n) is 1.93. The van der Waals surface area contributed by atoms with Crippen molar-refractivity contribution < 1.29 is 0 Å². The van der Waals surface area contributed by atoms with Crippen LogP contribution in [-0.4, -0.2) is 0 Å². The predicted octanol–water partition coefficient (Wildman–Crippen LogP) is 5.28. The van der Waals surface area contributed by atoms with Crippen LogP contribution < -0.4 is 0 Å². The number of allylic oxidation sites excluding steroid dienone is 3. The normalized spacial score (nSPS) is 9.50. The molecule has 0 aromatic carbocycles. The molecule has 0 nitrogen and oxygen atoms in total. The third kappa shape index (κ3) is 17.3. The molecule has 0 aliphatic heterocycles. The van der Waals surface area contributed by atoms with Gasteiger partial charge in [-0.05, 0) is 25.7 Å². The number of rotatable bonds is 8. The minimum atomic E-state index is 1.12. The van der Waals surface area contributed by atoms with Gasteiger partial charge in [0, 0.05) is 0 Å². The molecule has 0 unspecified atom stereocenters. The lowest BCUT2D eigenvalue weighted by Gasteiger charge is -1.93. The van der Waals surface area contributed by atoms with E-state index in [9.17, 15) is 0 Å². The van der Waals surface area contributed by atoms with Gasteiger partial charge in [-0.3, -0.25) is 0 Å². The van der Waals surface area contributed by atoms with Crippen LogP contribution in [0.25, 0.3) is 0 Å². The fourth-order valence-electron chi connectivity index (χ4n) is 1.14. The van der Waals surface area contributed by atoms with Gasteiger partial charge in [-0.25, -0.2) is 0 Å². The summed E-state index contributed by atoms with van der Waals surface area (Å²) in [7, 11) is 0. The van der Waals surface area contributed by atoms with Crippen molar-refractivity contribution in [3.8, 4) is 0 Å². The summed E-state index contributed by atoms with van der Waals surface area (Å²) in [6, 6.07) is 0. The van der Waals surface area contributed by atoms with Crippen molar-refractivity contribution in [2.45, 2.75) is 51.9 Å². The molecule has 0 atom stereocenters. The van der Waals surface area contributed by atoms with Gasteiger partial charge >= 0.3 is 0 Å². The van der Waals surface area contributed by atoms with Gasteiger partial charge < -0.3 is 0 Å². The average Bonchev–Trinajstić information content (AvgIpc) is 2.25. The van der Waals surface area contributed by atoms with Gasteiger partial charge in [0.1, 0.15) is 0 Å². The lowest BCUT2D eigenvalue weighted by Crippen LogP contribution is -1.73. The highest BCUT2D eigenvalue weighted by molar-refractivity contribution is 4.84. The monoisotopic (exact) mass is 194 g/mol. The molecule has 0 fully saturated rings. The van der Waals surface area contributed by atoms with Crippen molar-refractivity contribution in [1.82, 2.24) is 0 Å². The summed E-state index contributed by atoms with van der Waals surface area (Å²) in [5.74, 6) is 0. The molecule has 0 spiro atoms. The fraction of sp³-hybridized carbons (Fsp3) is 0.571. The lowest BCUT2D eigenvalue weighted by molar-refractivity contribution is 0.674. The molecule has 0 rings (SSSR count). The molecule has 0 aromatic heterocycles. The highest BCUT2D eigenvalue weighted by Crippen LogP contribution is 2.03. The van der Waals surface area contributed by atoms with E-state index in [2.05, 4.69) is 38.8 Å². The quantitative estimate of drug-likeness (QED) is 0.364. The second-order valence-corrected chi connectivity index (χ2v) is 3.19. The van der Waals surface area contributed by atoms with Gasteiger partial charge in [-0.15, -0.1) is 19.7 Å². The summed E-state index contributed by atoms with van der Waals surface area (Å²) in [5, 5.41) is 0. The molecule has 14 heavy (non-hydrogen) atoms. The Labute approximate surface area is 90.4 Å². The van der Waals surface area contributed by atoms with Crippen molar-refractivity contribution >= 4 is 0 Å². The van der Waals surface area contributed by atoms with E-state index in [1.54, 1.807) is 0 Å². The summed E-state index contributed by atoms with van der Waals surface area (Å²) < 4.78 is 0. The van der Waals surface area contributed by atoms with E-state index >= 15 is 0 Å². The Morgan fingerprint density at radius 1 is 0.857 bits per heavy atom. The van der Waals surface area contributed by atoms with E-state index in [1.165, 1.54) is 32.1 Å². The second kappa shape index (κ2) is 18.1. The molecule has 82 valence electrons. The van der Waals surface area contributed by atoms with Crippen LogP contribution >= 0.6 is 0 Å². The standard InChI is InChI=1S/C12H22.C2H4/c1-3-5-7-9-11-12-10-8-6-4-2;1-2/h3,9,11H,1,4-8,10,12H2,2H3;1-2H2. The summed E-state index contributed by atoms with van der Waals surface area (Å²) in [5.41, 5.74) is 0. The summed E-state index contributed by atoms with van der Waals surface area (Å²) in [4.78, 5) is 0. The number of unbranched alkanes of at least 4 members (excludes halogenated alkanes) is 5. The van der Waals surface area contributed by atoms with Crippen LogP contribution in [0.1, 0.15) is 51.9 Å². The van der Waals surface area contributed by atoms with E-state index in [0.717, 1.165) is 12.8 Å². The molecule has 0 saturated carbocycles. The van der Waals surface area contributed by atoms with Crippen molar-refractivity contribution in [3.63, 3.8) is 0 Å². The molecule has 0 heterocycles. The molecule has 0 saturated heterocycles. The average molecular weight is 194 g/mol. The molecule has 0 aromatic rings. The van der Waals surface area contributed by atoms with Crippen molar-refractivity contribution in [1.29, 1.82) is 0 Å². The van der Waals surface area contributed by atoms with Gasteiger partial charge in [0.25, 0.3) is 0 Å². The SMILES string of the molecule is C=C.C=CCCC=CCCCCCC. The Bertz CT molecular complexity index is 122. The summed E-state index contributed by atoms with van der Waals surface area (Å²) >= 11 is 0. The Balaban J connectivity index is 0. The maximum absolute atomic E-state index is 3.69. The largest absolute Gasteiger partial charge is 0.106 e. The first-order chi connectivity index (χ1) is 6.91. The highest BCUT2D eigenvalue weighted by Gasteiger charge is 1.83. The molecular weight excluding hydrogens is 168 g/mol. The number of hydrogen-bond acceptors (Lipinski definition) is 0. The lowest BCUT2D eigenvalue weighted by atomic mass is 10.1. The molecule has 0 amide bonds. The van der Waals surface area contributed by atoms with Gasteiger partial charge in [0.05, 0.1) is 0 Å². The number of hydrogen-bond donors (Lipinski definition) is 0. The van der Waals surface area contributed by atoms with E-state index < -0.39 is 0 Å². The second-order valence-electron chi connectivity index (χ2n) is 3.19. The summed E-state index contributed by atoms with van der Waals surface area (Å²) in [6.07, 6.45) is 15.6. The fourth-order valence-corrected chi connectivity index (χ4v) is 1.14. The molecule has 0 heteroatoms. The molecule has 0 aliphatic rings.